The smallest absolute Gasteiger partial charge is 0.304 e. The van der Waals surface area contributed by atoms with Crippen LogP contribution in [-0.4, -0.2) is 19.4 Å². The Morgan fingerprint density at radius 1 is 1.24 bits per heavy atom. The second-order valence-electron chi connectivity index (χ2n) is 4.81. The summed E-state index contributed by atoms with van der Waals surface area (Å²) in [6.45, 7) is 4.79. The molecule has 0 saturated heterocycles. The quantitative estimate of drug-likeness (QED) is 0.707. The topological polar surface area (TPSA) is 91.1 Å². The van der Waals surface area contributed by atoms with Gasteiger partial charge in [-0.05, 0) is 17.0 Å². The summed E-state index contributed by atoms with van der Waals surface area (Å²) in [4.78, 5) is 13.4. The predicted octanol–water partition coefficient (Wildman–Crippen LogP) is 1.47. The summed E-state index contributed by atoms with van der Waals surface area (Å²) in [5.41, 5.74) is 1.50. The van der Waals surface area contributed by atoms with Gasteiger partial charge < -0.3 is 10.3 Å². The molecule has 0 radical (unpaired) electrons. The van der Waals surface area contributed by atoms with Crippen LogP contribution in [0.15, 0.2) is 25.8 Å². The van der Waals surface area contributed by atoms with Crippen LogP contribution in [0.25, 0.3) is 0 Å². The molecule has 116 valence electrons. The highest BCUT2D eigenvalue weighted by atomic mass is 32.2. The van der Waals surface area contributed by atoms with Gasteiger partial charge in [0.05, 0.1) is 6.54 Å². The number of thiophene rings is 1. The Morgan fingerprint density at radius 3 is 2.62 bits per heavy atom. The second-order valence-corrected chi connectivity index (χ2v) is 8.55. The van der Waals surface area contributed by atoms with Gasteiger partial charge >= 0.3 is 4.87 Å². The van der Waals surface area contributed by atoms with Gasteiger partial charge in [0, 0.05) is 23.7 Å². The fourth-order valence-electron chi connectivity index (χ4n) is 1.55. The van der Waals surface area contributed by atoms with E-state index >= 15 is 0 Å². The van der Waals surface area contributed by atoms with Crippen molar-refractivity contribution >= 4 is 32.7 Å². The average Bonchev–Trinajstić information content (AvgIpc) is 3.03. The van der Waals surface area contributed by atoms with E-state index in [0.717, 1.165) is 16.9 Å². The molecule has 3 N–H and O–H groups in total. The van der Waals surface area contributed by atoms with Gasteiger partial charge in [0.15, 0.2) is 0 Å². The molecule has 6 nitrogen and oxygen atoms in total. The number of hydrogen-bond donors (Lipinski definition) is 3. The molecular formula is C12H17N3O3S3. The van der Waals surface area contributed by atoms with Crippen molar-refractivity contribution < 1.29 is 8.42 Å². The van der Waals surface area contributed by atoms with E-state index in [4.69, 9.17) is 0 Å². The maximum absolute atomic E-state index is 12.2. The number of aromatic amines is 1. The molecule has 21 heavy (non-hydrogen) atoms. The molecule has 0 aliphatic rings. The Bertz CT molecular complexity index is 743. The summed E-state index contributed by atoms with van der Waals surface area (Å²) >= 11 is 2.20. The normalized spacial score (nSPS) is 12.1. The maximum atomic E-state index is 12.2. The fraction of sp³-hybridized carbons (Fsp3) is 0.417. The van der Waals surface area contributed by atoms with Crippen LogP contribution in [0.5, 0.6) is 0 Å². The first kappa shape index (κ1) is 16.4. The van der Waals surface area contributed by atoms with Crippen molar-refractivity contribution in [1.82, 2.24) is 15.0 Å². The van der Waals surface area contributed by atoms with E-state index in [2.05, 4.69) is 15.0 Å². The summed E-state index contributed by atoms with van der Waals surface area (Å²) in [5, 5.41) is 6.68. The minimum Gasteiger partial charge on any atom is -0.315 e. The Hall–Kier alpha value is -1.00. The van der Waals surface area contributed by atoms with Gasteiger partial charge in [-0.25, -0.2) is 13.1 Å². The molecule has 2 aromatic heterocycles. The minimum absolute atomic E-state index is 0.0819. The van der Waals surface area contributed by atoms with Crippen molar-refractivity contribution in [2.45, 2.75) is 37.2 Å². The molecule has 0 aromatic carbocycles. The molecule has 0 aliphatic heterocycles. The van der Waals surface area contributed by atoms with Crippen molar-refractivity contribution in [3.05, 3.63) is 37.8 Å². The van der Waals surface area contributed by atoms with Crippen LogP contribution in [0.3, 0.4) is 0 Å². The zero-order valence-electron chi connectivity index (χ0n) is 11.7. The lowest BCUT2D eigenvalue weighted by atomic mass is 10.3. The fourth-order valence-corrected chi connectivity index (χ4v) is 4.40. The average molecular weight is 347 g/mol. The van der Waals surface area contributed by atoms with Gasteiger partial charge in [-0.1, -0.05) is 25.2 Å². The largest absolute Gasteiger partial charge is 0.315 e. The van der Waals surface area contributed by atoms with Gasteiger partial charge in [-0.15, -0.1) is 11.3 Å². The molecule has 0 unspecified atom stereocenters. The highest BCUT2D eigenvalue weighted by molar-refractivity contribution is 7.91. The van der Waals surface area contributed by atoms with Crippen LogP contribution in [0.4, 0.5) is 0 Å². The van der Waals surface area contributed by atoms with E-state index in [0.29, 0.717) is 18.3 Å². The number of H-pyrrole nitrogens is 1. The first-order valence-electron chi connectivity index (χ1n) is 6.34. The van der Waals surface area contributed by atoms with E-state index in [9.17, 15) is 13.2 Å². The van der Waals surface area contributed by atoms with Crippen molar-refractivity contribution in [3.63, 3.8) is 0 Å². The predicted molar refractivity (Wildman–Crippen MR) is 85.3 cm³/mol. The zero-order valence-corrected chi connectivity index (χ0v) is 14.1. The number of sulfonamides is 1. The molecule has 0 aliphatic carbocycles. The molecule has 2 rings (SSSR count). The third kappa shape index (κ3) is 4.75. The van der Waals surface area contributed by atoms with E-state index in [-0.39, 0.29) is 15.6 Å². The number of nitrogens with one attached hydrogen (secondary N) is 3. The monoisotopic (exact) mass is 347 g/mol. The highest BCUT2D eigenvalue weighted by Gasteiger charge is 2.16. The third-order valence-corrected chi connectivity index (χ3v) is 6.24. The number of hydrogen-bond acceptors (Lipinski definition) is 6. The lowest BCUT2D eigenvalue weighted by Crippen LogP contribution is -2.23. The summed E-state index contributed by atoms with van der Waals surface area (Å²) in [6, 6.07) is 2.01. The molecule has 2 heterocycles. The molecular weight excluding hydrogens is 330 g/mol. The molecule has 0 amide bonds. The number of rotatable bonds is 7. The van der Waals surface area contributed by atoms with E-state index in [1.54, 1.807) is 11.4 Å². The maximum Gasteiger partial charge on any atom is 0.304 e. The zero-order chi connectivity index (χ0) is 15.5. The standard InChI is InChI=1S/C12H17N3O3S3/c1-8(2)13-4-9-3-11(19-6-9)21(17,18)14-5-10-7-20-12(16)15-10/h3,6-8,13-14H,4-5H2,1-2H3,(H,15,16). The molecule has 9 heteroatoms. The molecule has 2 aromatic rings. The van der Waals surface area contributed by atoms with Crippen LogP contribution in [0.2, 0.25) is 0 Å². The highest BCUT2D eigenvalue weighted by Crippen LogP contribution is 2.20. The number of thiazole rings is 1. The summed E-state index contributed by atoms with van der Waals surface area (Å²) < 4.78 is 27.1. The van der Waals surface area contributed by atoms with Gasteiger partial charge in [0.2, 0.25) is 10.0 Å². The van der Waals surface area contributed by atoms with Crippen molar-refractivity contribution in [2.75, 3.05) is 0 Å². The molecule has 0 bridgehead atoms. The van der Waals surface area contributed by atoms with Crippen molar-refractivity contribution in [3.8, 4) is 0 Å². The van der Waals surface area contributed by atoms with E-state index in [1.165, 1.54) is 11.3 Å². The third-order valence-electron chi connectivity index (χ3n) is 2.63. The Labute approximate surface area is 131 Å². The first-order chi connectivity index (χ1) is 9.87. The Kier molecular flexibility index (Phi) is 5.33. The first-order valence-corrected chi connectivity index (χ1v) is 9.58. The van der Waals surface area contributed by atoms with E-state index in [1.807, 2.05) is 19.2 Å². The van der Waals surface area contributed by atoms with Crippen molar-refractivity contribution in [2.24, 2.45) is 0 Å². The SMILES string of the molecule is CC(C)NCc1csc(S(=O)(=O)NCc2csc(=O)[nH]2)c1. The lowest BCUT2D eigenvalue weighted by Gasteiger charge is -2.05. The molecule has 0 saturated carbocycles. The lowest BCUT2D eigenvalue weighted by molar-refractivity contribution is 0.581. The van der Waals surface area contributed by atoms with Crippen LogP contribution in [0.1, 0.15) is 25.1 Å². The molecule has 0 spiro atoms. The Morgan fingerprint density at radius 2 is 2.00 bits per heavy atom. The van der Waals surface area contributed by atoms with Gasteiger partial charge in [0.25, 0.3) is 0 Å². The van der Waals surface area contributed by atoms with Crippen LogP contribution in [-0.2, 0) is 23.1 Å². The van der Waals surface area contributed by atoms with Crippen LogP contribution >= 0.6 is 22.7 Å². The molecule has 0 fully saturated rings. The minimum atomic E-state index is -3.54. The van der Waals surface area contributed by atoms with Crippen LogP contribution in [0, 0.1) is 0 Å². The second kappa shape index (κ2) is 6.84. The van der Waals surface area contributed by atoms with E-state index < -0.39 is 10.0 Å². The van der Waals surface area contributed by atoms with Gasteiger partial charge in [0.1, 0.15) is 4.21 Å². The van der Waals surface area contributed by atoms with Crippen molar-refractivity contribution in [1.29, 1.82) is 0 Å². The summed E-state index contributed by atoms with van der Waals surface area (Å²) in [5.74, 6) is 0. The number of aromatic nitrogens is 1. The van der Waals surface area contributed by atoms with Crippen LogP contribution < -0.4 is 14.9 Å². The summed E-state index contributed by atoms with van der Waals surface area (Å²) in [7, 11) is -3.54. The van der Waals surface area contributed by atoms with Gasteiger partial charge in [-0.2, -0.15) is 0 Å². The Balaban J connectivity index is 2.00. The van der Waals surface area contributed by atoms with Gasteiger partial charge in [-0.3, -0.25) is 4.79 Å². The molecule has 0 atom stereocenters. The summed E-state index contributed by atoms with van der Waals surface area (Å²) in [6.07, 6.45) is 0.